The van der Waals surface area contributed by atoms with Crippen LogP contribution in [0.25, 0.3) is 100 Å². The van der Waals surface area contributed by atoms with Crippen LogP contribution in [0.4, 0.5) is 0 Å². The van der Waals surface area contributed by atoms with E-state index in [0.717, 1.165) is 72.5 Å². The van der Waals surface area contributed by atoms with Crippen molar-refractivity contribution in [3.8, 4) is 78.5 Å². The number of benzene rings is 8. The van der Waals surface area contributed by atoms with Crippen molar-refractivity contribution in [2.75, 3.05) is 0 Å². The van der Waals surface area contributed by atoms with Crippen LogP contribution >= 0.6 is 0 Å². The van der Waals surface area contributed by atoms with Crippen molar-refractivity contribution in [2.24, 2.45) is 0 Å². The molecule has 3 nitrogen and oxygen atoms in total. The van der Waals surface area contributed by atoms with Crippen molar-refractivity contribution >= 4 is 21.7 Å². The number of aromatic nitrogens is 3. The van der Waals surface area contributed by atoms with Crippen LogP contribution in [-0.4, -0.2) is 15.0 Å². The van der Waals surface area contributed by atoms with Crippen LogP contribution in [0.15, 0.2) is 212 Å². The highest BCUT2D eigenvalue weighted by Gasteiger charge is 2.17. The summed E-state index contributed by atoms with van der Waals surface area (Å²) < 4.78 is 0. The first-order chi connectivity index (χ1) is 27.7. The largest absolute Gasteiger partial charge is 0.248 e. The summed E-state index contributed by atoms with van der Waals surface area (Å²) in [5, 5.41) is 3.53. The fraction of sp³-hybridized carbons (Fsp3) is 0. The number of pyridine rings is 1. The molecule has 0 unspecified atom stereocenters. The van der Waals surface area contributed by atoms with Gasteiger partial charge in [0.15, 0.2) is 5.82 Å². The average Bonchev–Trinajstić information content (AvgIpc) is 3.29. The van der Waals surface area contributed by atoms with Gasteiger partial charge in [-0.15, -0.1) is 0 Å². The average molecular weight is 714 g/mol. The molecule has 2 heterocycles. The van der Waals surface area contributed by atoms with E-state index < -0.39 is 0 Å². The lowest BCUT2D eigenvalue weighted by Crippen LogP contribution is -1.96. The molecule has 262 valence electrons. The van der Waals surface area contributed by atoms with E-state index in [1.165, 1.54) is 21.9 Å². The molecule has 0 fully saturated rings. The van der Waals surface area contributed by atoms with Crippen LogP contribution in [0.5, 0.6) is 0 Å². The quantitative estimate of drug-likeness (QED) is 0.154. The van der Waals surface area contributed by atoms with Gasteiger partial charge >= 0.3 is 0 Å². The molecule has 0 atom stereocenters. The summed E-state index contributed by atoms with van der Waals surface area (Å²) >= 11 is 0. The molecule has 10 aromatic rings. The molecule has 2 aromatic heterocycles. The standard InChI is InChI=1S/C53H35N3/c1-5-17-36(18-6-1)47-34-48(37-19-7-2-8-20-37)54-51-33-46(44-29-13-14-30-45(44)52(47)51)42-27-15-25-40(31-42)41-26-16-28-43(32-41)53-55-49(38-21-9-3-10-22-38)35-50(56-53)39-23-11-4-12-24-39/h1-35H. The molecule has 10 rings (SSSR count). The SMILES string of the molecule is c1ccc(-c2cc(-c3ccccc3)nc(-c3cccc(-c4cccc(-c5cc6nc(-c7ccccc7)cc(-c7ccccc7)c6c6ccccc56)c4)c3)n2)cc1. The van der Waals surface area contributed by atoms with E-state index in [-0.39, 0.29) is 0 Å². The molecule has 0 saturated carbocycles. The number of hydrogen-bond acceptors (Lipinski definition) is 3. The van der Waals surface area contributed by atoms with Crippen LogP contribution in [0.2, 0.25) is 0 Å². The van der Waals surface area contributed by atoms with Gasteiger partial charge in [-0.2, -0.15) is 0 Å². The van der Waals surface area contributed by atoms with Gasteiger partial charge in [0.05, 0.1) is 22.6 Å². The van der Waals surface area contributed by atoms with Gasteiger partial charge in [0.2, 0.25) is 0 Å². The summed E-state index contributed by atoms with van der Waals surface area (Å²) in [5.41, 5.74) is 14.7. The van der Waals surface area contributed by atoms with E-state index >= 15 is 0 Å². The van der Waals surface area contributed by atoms with Gasteiger partial charge in [-0.1, -0.05) is 182 Å². The molecule has 0 spiro atoms. The van der Waals surface area contributed by atoms with Crippen molar-refractivity contribution in [1.29, 1.82) is 0 Å². The molecule has 0 N–H and O–H groups in total. The van der Waals surface area contributed by atoms with Crippen LogP contribution in [-0.2, 0) is 0 Å². The van der Waals surface area contributed by atoms with Crippen LogP contribution in [0.1, 0.15) is 0 Å². The molecular formula is C53H35N3. The summed E-state index contributed by atoms with van der Waals surface area (Å²) in [6, 6.07) is 74.5. The Morgan fingerprint density at radius 2 is 0.679 bits per heavy atom. The highest BCUT2D eigenvalue weighted by atomic mass is 14.9. The first-order valence-corrected chi connectivity index (χ1v) is 18.9. The minimum Gasteiger partial charge on any atom is -0.248 e. The lowest BCUT2D eigenvalue weighted by atomic mass is 9.89. The van der Waals surface area contributed by atoms with E-state index in [1.807, 2.05) is 42.5 Å². The summed E-state index contributed by atoms with van der Waals surface area (Å²) in [6.45, 7) is 0. The molecule has 0 aliphatic rings. The van der Waals surface area contributed by atoms with E-state index in [4.69, 9.17) is 15.0 Å². The summed E-state index contributed by atoms with van der Waals surface area (Å²) in [6.07, 6.45) is 0. The molecule has 3 heteroatoms. The number of fused-ring (bicyclic) bond motifs is 3. The van der Waals surface area contributed by atoms with Crippen molar-refractivity contribution in [2.45, 2.75) is 0 Å². The summed E-state index contributed by atoms with van der Waals surface area (Å²) in [7, 11) is 0. The Hall–Kier alpha value is -7.49. The minimum atomic E-state index is 0.693. The van der Waals surface area contributed by atoms with Gasteiger partial charge in [0.1, 0.15) is 0 Å². The molecule has 0 aliphatic carbocycles. The Bertz CT molecular complexity index is 2940. The van der Waals surface area contributed by atoms with E-state index in [1.54, 1.807) is 0 Å². The number of rotatable bonds is 7. The Balaban J connectivity index is 1.11. The molecule has 0 bridgehead atoms. The Labute approximate surface area is 326 Å². The minimum absolute atomic E-state index is 0.693. The third kappa shape index (κ3) is 6.31. The maximum Gasteiger partial charge on any atom is 0.160 e. The normalized spacial score (nSPS) is 11.2. The van der Waals surface area contributed by atoms with Gasteiger partial charge in [-0.3, -0.25) is 0 Å². The molecule has 56 heavy (non-hydrogen) atoms. The topological polar surface area (TPSA) is 38.7 Å². The first kappa shape index (κ1) is 33.1. The highest BCUT2D eigenvalue weighted by molar-refractivity contribution is 6.18. The second-order valence-corrected chi connectivity index (χ2v) is 14.0. The molecule has 0 radical (unpaired) electrons. The fourth-order valence-electron chi connectivity index (χ4n) is 7.74. The van der Waals surface area contributed by atoms with Crippen molar-refractivity contribution in [3.63, 3.8) is 0 Å². The zero-order valence-corrected chi connectivity index (χ0v) is 30.5. The van der Waals surface area contributed by atoms with Crippen molar-refractivity contribution < 1.29 is 0 Å². The predicted octanol–water partition coefficient (Wildman–Crippen LogP) is 13.8. The summed E-state index contributed by atoms with van der Waals surface area (Å²) in [5.74, 6) is 0.693. The van der Waals surface area contributed by atoms with Crippen LogP contribution in [0, 0.1) is 0 Å². The lowest BCUT2D eigenvalue weighted by Gasteiger charge is -2.16. The molecule has 0 amide bonds. The van der Waals surface area contributed by atoms with Crippen LogP contribution < -0.4 is 0 Å². The Kier molecular flexibility index (Phi) is 8.51. The Morgan fingerprint density at radius 1 is 0.250 bits per heavy atom. The van der Waals surface area contributed by atoms with Gasteiger partial charge in [-0.05, 0) is 74.5 Å². The number of nitrogens with zero attached hydrogens (tertiary/aromatic N) is 3. The third-order valence-electron chi connectivity index (χ3n) is 10.5. The van der Waals surface area contributed by atoms with Gasteiger partial charge < -0.3 is 0 Å². The van der Waals surface area contributed by atoms with Gasteiger partial charge in [0, 0.05) is 27.6 Å². The number of hydrogen-bond donors (Lipinski definition) is 0. The zero-order valence-electron chi connectivity index (χ0n) is 30.5. The molecular weight excluding hydrogens is 679 g/mol. The van der Waals surface area contributed by atoms with Crippen molar-refractivity contribution in [3.05, 3.63) is 212 Å². The maximum absolute atomic E-state index is 5.34. The van der Waals surface area contributed by atoms with E-state index in [2.05, 4.69) is 170 Å². The fourth-order valence-corrected chi connectivity index (χ4v) is 7.74. The predicted molar refractivity (Wildman–Crippen MR) is 233 cm³/mol. The summed E-state index contributed by atoms with van der Waals surface area (Å²) in [4.78, 5) is 15.5. The van der Waals surface area contributed by atoms with Crippen molar-refractivity contribution in [1.82, 2.24) is 15.0 Å². The maximum atomic E-state index is 5.34. The highest BCUT2D eigenvalue weighted by Crippen LogP contribution is 2.41. The van der Waals surface area contributed by atoms with E-state index in [0.29, 0.717) is 5.82 Å². The second kappa shape index (κ2) is 14.4. The monoisotopic (exact) mass is 713 g/mol. The zero-order chi connectivity index (χ0) is 37.3. The van der Waals surface area contributed by atoms with E-state index in [9.17, 15) is 0 Å². The first-order valence-electron chi connectivity index (χ1n) is 18.9. The van der Waals surface area contributed by atoms with Crippen LogP contribution in [0.3, 0.4) is 0 Å². The lowest BCUT2D eigenvalue weighted by molar-refractivity contribution is 1.18. The van der Waals surface area contributed by atoms with Gasteiger partial charge in [-0.25, -0.2) is 15.0 Å². The second-order valence-electron chi connectivity index (χ2n) is 14.0. The molecule has 8 aromatic carbocycles. The smallest absolute Gasteiger partial charge is 0.160 e. The third-order valence-corrected chi connectivity index (χ3v) is 10.5. The Morgan fingerprint density at radius 3 is 1.25 bits per heavy atom. The molecule has 0 saturated heterocycles. The molecule has 0 aliphatic heterocycles. The van der Waals surface area contributed by atoms with Gasteiger partial charge in [0.25, 0.3) is 0 Å².